The van der Waals surface area contributed by atoms with Gasteiger partial charge in [0.2, 0.25) is 5.95 Å². The van der Waals surface area contributed by atoms with Gasteiger partial charge in [-0.05, 0) is 53.3 Å². The minimum atomic E-state index is -0.887. The number of aromatic amines is 1. The molecule has 4 aromatic rings. The van der Waals surface area contributed by atoms with Crippen molar-refractivity contribution >= 4 is 34.4 Å². The first-order valence-corrected chi connectivity index (χ1v) is 11.4. The molecule has 0 aliphatic carbocycles. The maximum atomic E-state index is 13.4. The number of fused-ring (bicyclic) bond motifs is 1. The maximum absolute atomic E-state index is 13.4. The van der Waals surface area contributed by atoms with Crippen molar-refractivity contribution in [2.45, 2.75) is 39.2 Å². The molecular weight excluding hydrogens is 440 g/mol. The highest BCUT2D eigenvalue weighted by atomic mass is 16.3. The molecule has 2 aromatic heterocycles. The minimum Gasteiger partial charge on any atom is -0.507 e. The van der Waals surface area contributed by atoms with E-state index in [1.807, 2.05) is 49.4 Å². The van der Waals surface area contributed by atoms with Crippen LogP contribution in [0.15, 0.2) is 72.6 Å². The Balaban J connectivity index is 1.74. The molecule has 7 heteroatoms. The smallest absolute Gasteiger partial charge is 0.302 e. The van der Waals surface area contributed by atoms with Gasteiger partial charge in [-0.2, -0.15) is 0 Å². The summed E-state index contributed by atoms with van der Waals surface area (Å²) in [4.78, 5) is 40.0. The topological polar surface area (TPSA) is 99.2 Å². The second-order valence-corrected chi connectivity index (χ2v) is 9.81. The van der Waals surface area contributed by atoms with E-state index < -0.39 is 17.7 Å². The molecule has 1 unspecified atom stereocenters. The van der Waals surface area contributed by atoms with E-state index in [4.69, 9.17) is 0 Å². The normalized spacial score (nSPS) is 17.9. The summed E-state index contributed by atoms with van der Waals surface area (Å²) in [7, 11) is 0. The number of hydrogen-bond donors (Lipinski definition) is 2. The SMILES string of the molecule is Cc1ccc(C(C)(C)C)cc1/C(O)=C1\C(=O)C(=O)N(c2nc3ccccc3[nH]2)C1c1cccnc1. The molecule has 0 bridgehead atoms. The third-order valence-electron chi connectivity index (χ3n) is 6.41. The molecule has 0 saturated carbocycles. The Morgan fingerprint density at radius 2 is 1.83 bits per heavy atom. The van der Waals surface area contributed by atoms with Crippen molar-refractivity contribution in [3.05, 3.63) is 94.8 Å². The van der Waals surface area contributed by atoms with Crippen LogP contribution in [-0.2, 0) is 15.0 Å². The summed E-state index contributed by atoms with van der Waals surface area (Å²) >= 11 is 0. The van der Waals surface area contributed by atoms with Gasteiger partial charge in [-0.25, -0.2) is 4.98 Å². The van der Waals surface area contributed by atoms with Crippen LogP contribution in [0.5, 0.6) is 0 Å². The molecule has 1 saturated heterocycles. The van der Waals surface area contributed by atoms with E-state index in [1.54, 1.807) is 24.5 Å². The van der Waals surface area contributed by atoms with Crippen molar-refractivity contribution in [1.29, 1.82) is 0 Å². The number of carbonyl (C=O) groups is 2. The monoisotopic (exact) mass is 466 g/mol. The van der Waals surface area contributed by atoms with Crippen molar-refractivity contribution in [3.63, 3.8) is 0 Å². The first-order valence-electron chi connectivity index (χ1n) is 11.4. The fourth-order valence-electron chi connectivity index (χ4n) is 4.45. The number of Topliss-reactive ketones (excluding diaryl/α,β-unsaturated/α-hetero) is 1. The van der Waals surface area contributed by atoms with Crippen LogP contribution in [0.3, 0.4) is 0 Å². The molecule has 1 aliphatic heterocycles. The highest BCUT2D eigenvalue weighted by Crippen LogP contribution is 2.42. The van der Waals surface area contributed by atoms with Gasteiger partial charge >= 0.3 is 5.91 Å². The van der Waals surface area contributed by atoms with Crippen LogP contribution in [-0.4, -0.2) is 31.7 Å². The average Bonchev–Trinajstić information content (AvgIpc) is 3.37. The lowest BCUT2D eigenvalue weighted by atomic mass is 9.84. The van der Waals surface area contributed by atoms with Crippen LogP contribution in [0.25, 0.3) is 16.8 Å². The van der Waals surface area contributed by atoms with Crippen LogP contribution >= 0.6 is 0 Å². The van der Waals surface area contributed by atoms with Gasteiger partial charge in [-0.3, -0.25) is 19.5 Å². The molecule has 7 nitrogen and oxygen atoms in total. The number of amides is 1. The Hall–Kier alpha value is -4.26. The first-order chi connectivity index (χ1) is 16.7. The fourth-order valence-corrected chi connectivity index (χ4v) is 4.45. The molecule has 1 atom stereocenters. The third-order valence-corrected chi connectivity index (χ3v) is 6.41. The molecule has 0 spiro atoms. The van der Waals surface area contributed by atoms with Crippen molar-refractivity contribution in [3.8, 4) is 0 Å². The number of hydrogen-bond acceptors (Lipinski definition) is 5. The molecule has 3 heterocycles. The number of H-pyrrole nitrogens is 1. The van der Waals surface area contributed by atoms with Crippen molar-refractivity contribution in [2.75, 3.05) is 4.90 Å². The number of benzene rings is 2. The molecule has 0 radical (unpaired) electrons. The number of aliphatic hydroxyl groups excluding tert-OH is 1. The number of aryl methyl sites for hydroxylation is 1. The Morgan fingerprint density at radius 1 is 1.06 bits per heavy atom. The number of ketones is 1. The summed E-state index contributed by atoms with van der Waals surface area (Å²) in [6.45, 7) is 8.11. The first kappa shape index (κ1) is 22.5. The van der Waals surface area contributed by atoms with Gasteiger partial charge in [-0.15, -0.1) is 0 Å². The van der Waals surface area contributed by atoms with Gasteiger partial charge in [0.05, 0.1) is 22.6 Å². The molecule has 1 fully saturated rings. The highest BCUT2D eigenvalue weighted by Gasteiger charge is 2.48. The number of nitrogens with zero attached hydrogens (tertiary/aromatic N) is 3. The predicted octanol–water partition coefficient (Wildman–Crippen LogP) is 5.19. The average molecular weight is 467 g/mol. The number of pyridine rings is 1. The number of para-hydroxylation sites is 2. The van der Waals surface area contributed by atoms with Crippen LogP contribution in [0.4, 0.5) is 5.95 Å². The molecule has 2 aromatic carbocycles. The zero-order chi connectivity index (χ0) is 24.9. The Labute approximate surface area is 203 Å². The number of carbonyl (C=O) groups excluding carboxylic acids is 2. The van der Waals surface area contributed by atoms with Crippen LogP contribution < -0.4 is 4.90 Å². The van der Waals surface area contributed by atoms with Gasteiger partial charge in [0.25, 0.3) is 5.78 Å². The summed E-state index contributed by atoms with van der Waals surface area (Å²) in [5.41, 5.74) is 4.19. The summed E-state index contributed by atoms with van der Waals surface area (Å²) < 4.78 is 0. The zero-order valence-corrected chi connectivity index (χ0v) is 20.0. The Kier molecular flexibility index (Phi) is 5.28. The van der Waals surface area contributed by atoms with E-state index in [9.17, 15) is 14.7 Å². The lowest BCUT2D eigenvalue weighted by Gasteiger charge is -2.24. The molecule has 1 amide bonds. The van der Waals surface area contributed by atoms with Crippen LogP contribution in [0.1, 0.15) is 49.1 Å². The number of aliphatic hydroxyl groups is 1. The lowest BCUT2D eigenvalue weighted by molar-refractivity contribution is -0.132. The van der Waals surface area contributed by atoms with Gasteiger partial charge in [0.15, 0.2) is 0 Å². The van der Waals surface area contributed by atoms with E-state index in [0.717, 1.165) is 16.6 Å². The maximum Gasteiger partial charge on any atom is 0.302 e. The van der Waals surface area contributed by atoms with Crippen molar-refractivity contribution in [1.82, 2.24) is 15.0 Å². The second-order valence-electron chi connectivity index (χ2n) is 9.81. The van der Waals surface area contributed by atoms with Gasteiger partial charge in [0.1, 0.15) is 5.76 Å². The number of imidazole rings is 1. The Morgan fingerprint density at radius 3 is 2.51 bits per heavy atom. The minimum absolute atomic E-state index is 0.0117. The third kappa shape index (κ3) is 3.79. The van der Waals surface area contributed by atoms with Gasteiger partial charge in [0, 0.05) is 18.0 Å². The van der Waals surface area contributed by atoms with Crippen molar-refractivity contribution in [2.24, 2.45) is 0 Å². The standard InChI is InChI=1S/C28H26N4O3/c1-16-11-12-18(28(2,3)4)14-19(16)24(33)22-23(17-8-7-13-29-15-17)32(26(35)25(22)34)27-30-20-9-5-6-10-21(20)31-27/h5-15,23,33H,1-4H3,(H,30,31)/b24-22+. The van der Waals surface area contributed by atoms with E-state index >= 15 is 0 Å². The molecule has 1 aliphatic rings. The summed E-state index contributed by atoms with van der Waals surface area (Å²) in [6, 6.07) is 15.8. The predicted molar refractivity (Wildman–Crippen MR) is 135 cm³/mol. The van der Waals surface area contributed by atoms with E-state index in [0.29, 0.717) is 16.6 Å². The highest BCUT2D eigenvalue weighted by molar-refractivity contribution is 6.51. The summed E-state index contributed by atoms with van der Waals surface area (Å²) in [5, 5.41) is 11.5. The second kappa shape index (κ2) is 8.20. The molecule has 35 heavy (non-hydrogen) atoms. The molecule has 5 rings (SSSR count). The fraction of sp³-hybridized carbons (Fsp3) is 0.214. The number of aromatic nitrogens is 3. The lowest BCUT2D eigenvalue weighted by Crippen LogP contribution is -2.30. The van der Waals surface area contributed by atoms with E-state index in [-0.39, 0.29) is 22.7 Å². The van der Waals surface area contributed by atoms with Crippen LogP contribution in [0, 0.1) is 6.92 Å². The number of rotatable bonds is 3. The van der Waals surface area contributed by atoms with E-state index in [2.05, 4.69) is 35.7 Å². The van der Waals surface area contributed by atoms with Gasteiger partial charge < -0.3 is 10.1 Å². The summed E-state index contributed by atoms with van der Waals surface area (Å²) in [5.74, 6) is -1.50. The molecule has 2 N–H and O–H groups in total. The van der Waals surface area contributed by atoms with E-state index in [1.165, 1.54) is 4.90 Å². The van der Waals surface area contributed by atoms with Gasteiger partial charge in [-0.1, -0.05) is 51.1 Å². The quantitative estimate of drug-likeness (QED) is 0.246. The Bertz CT molecular complexity index is 1460. The number of nitrogens with one attached hydrogen (secondary N) is 1. The largest absolute Gasteiger partial charge is 0.507 e. The zero-order valence-electron chi connectivity index (χ0n) is 20.0. The summed E-state index contributed by atoms with van der Waals surface area (Å²) in [6.07, 6.45) is 3.21. The van der Waals surface area contributed by atoms with Crippen LogP contribution in [0.2, 0.25) is 0 Å². The van der Waals surface area contributed by atoms with Crippen molar-refractivity contribution < 1.29 is 14.7 Å². The number of anilines is 1. The molecular formula is C28H26N4O3. The molecule has 176 valence electrons.